The molecule has 1 unspecified atom stereocenters. The third kappa shape index (κ3) is 2.32. The molecule has 0 fully saturated rings. The van der Waals surface area contributed by atoms with Crippen LogP contribution < -0.4 is 5.32 Å². The molecule has 0 aromatic heterocycles. The maximum absolute atomic E-state index is 13.4. The fourth-order valence-corrected chi connectivity index (χ4v) is 1.41. The molecule has 0 aliphatic heterocycles. The molecular weight excluding hydrogens is 229 g/mol. The summed E-state index contributed by atoms with van der Waals surface area (Å²) in [5.41, 5.74) is -1.02. The van der Waals surface area contributed by atoms with Gasteiger partial charge in [0.25, 0.3) is 0 Å². The van der Waals surface area contributed by atoms with Gasteiger partial charge >= 0.3 is 6.18 Å². The van der Waals surface area contributed by atoms with E-state index in [2.05, 4.69) is 0 Å². The van der Waals surface area contributed by atoms with Crippen molar-refractivity contribution in [2.24, 2.45) is 0 Å². The average Bonchev–Trinajstić information content (AvgIpc) is 2.16. The highest BCUT2D eigenvalue weighted by molar-refractivity contribution is 5.30. The van der Waals surface area contributed by atoms with Gasteiger partial charge in [-0.1, -0.05) is 6.07 Å². The van der Waals surface area contributed by atoms with Crippen molar-refractivity contribution in [2.75, 3.05) is 7.05 Å². The Balaban J connectivity index is 3.36. The van der Waals surface area contributed by atoms with Crippen LogP contribution in [0.3, 0.4) is 0 Å². The normalized spacial score (nSPS) is 13.9. The highest BCUT2D eigenvalue weighted by Crippen LogP contribution is 2.35. The van der Waals surface area contributed by atoms with Gasteiger partial charge in [0, 0.05) is 5.56 Å². The average molecular weight is 239 g/mol. The quantitative estimate of drug-likeness (QED) is 0.782. The number of hydrogen-bond donors (Lipinski definition) is 1. The second kappa shape index (κ2) is 4.37. The van der Waals surface area contributed by atoms with Gasteiger partial charge in [-0.05, 0) is 25.6 Å². The first kappa shape index (κ1) is 12.9. The summed E-state index contributed by atoms with van der Waals surface area (Å²) in [5.74, 6) is -2.38. The molecule has 6 heteroatoms. The van der Waals surface area contributed by atoms with Crippen LogP contribution in [0, 0.1) is 18.6 Å². The van der Waals surface area contributed by atoms with Crippen LogP contribution in [0.15, 0.2) is 12.1 Å². The van der Waals surface area contributed by atoms with Crippen molar-refractivity contribution in [1.82, 2.24) is 5.32 Å². The molecule has 0 amide bonds. The van der Waals surface area contributed by atoms with Crippen molar-refractivity contribution in [2.45, 2.75) is 19.1 Å². The fourth-order valence-electron chi connectivity index (χ4n) is 1.41. The second-order valence-electron chi connectivity index (χ2n) is 3.36. The molecule has 1 rings (SSSR count). The standard InChI is InChI=1S/C10H10F5N/c1-5-3-4-6(11)7(8(5)12)9(16-2)10(13,14)15/h3-4,9,16H,1-2H3. The highest BCUT2D eigenvalue weighted by atomic mass is 19.4. The molecule has 0 heterocycles. The van der Waals surface area contributed by atoms with Crippen molar-refractivity contribution in [3.8, 4) is 0 Å². The topological polar surface area (TPSA) is 12.0 Å². The fraction of sp³-hybridized carbons (Fsp3) is 0.400. The molecule has 0 spiro atoms. The van der Waals surface area contributed by atoms with Gasteiger partial charge in [0.15, 0.2) is 0 Å². The van der Waals surface area contributed by atoms with Crippen molar-refractivity contribution in [1.29, 1.82) is 0 Å². The van der Waals surface area contributed by atoms with Crippen LogP contribution in [0.4, 0.5) is 22.0 Å². The van der Waals surface area contributed by atoms with Gasteiger partial charge in [-0.25, -0.2) is 8.78 Å². The lowest BCUT2D eigenvalue weighted by atomic mass is 10.0. The minimum absolute atomic E-state index is 0.0269. The number of halogens is 5. The molecule has 16 heavy (non-hydrogen) atoms. The molecule has 1 aromatic rings. The molecule has 0 saturated heterocycles. The molecule has 0 aliphatic rings. The minimum Gasteiger partial charge on any atom is -0.305 e. The summed E-state index contributed by atoms with van der Waals surface area (Å²) in [4.78, 5) is 0. The maximum Gasteiger partial charge on any atom is 0.408 e. The summed E-state index contributed by atoms with van der Waals surface area (Å²) in [6, 6.07) is -0.423. The van der Waals surface area contributed by atoms with E-state index >= 15 is 0 Å². The lowest BCUT2D eigenvalue weighted by molar-refractivity contribution is -0.157. The number of aryl methyl sites for hydroxylation is 1. The number of nitrogens with one attached hydrogen (secondary N) is 1. The molecule has 1 N–H and O–H groups in total. The third-order valence-electron chi connectivity index (χ3n) is 2.22. The van der Waals surface area contributed by atoms with Crippen LogP contribution >= 0.6 is 0 Å². The van der Waals surface area contributed by atoms with Crippen LogP contribution in [0.25, 0.3) is 0 Å². The number of alkyl halides is 3. The molecule has 1 atom stereocenters. The van der Waals surface area contributed by atoms with Gasteiger partial charge in [-0.15, -0.1) is 0 Å². The van der Waals surface area contributed by atoms with Crippen molar-refractivity contribution in [3.05, 3.63) is 34.9 Å². The van der Waals surface area contributed by atoms with E-state index in [9.17, 15) is 22.0 Å². The molecule has 1 nitrogen and oxygen atoms in total. The Morgan fingerprint density at radius 2 is 1.75 bits per heavy atom. The van der Waals surface area contributed by atoms with Gasteiger partial charge < -0.3 is 5.32 Å². The van der Waals surface area contributed by atoms with E-state index in [1.807, 2.05) is 5.32 Å². The van der Waals surface area contributed by atoms with Crippen molar-refractivity contribution in [3.63, 3.8) is 0 Å². The van der Waals surface area contributed by atoms with Gasteiger partial charge in [-0.2, -0.15) is 13.2 Å². The van der Waals surface area contributed by atoms with E-state index in [-0.39, 0.29) is 5.56 Å². The maximum atomic E-state index is 13.4. The van der Waals surface area contributed by atoms with Crippen LogP contribution in [0.5, 0.6) is 0 Å². The Kier molecular flexibility index (Phi) is 3.52. The van der Waals surface area contributed by atoms with Crippen LogP contribution in [0.2, 0.25) is 0 Å². The van der Waals surface area contributed by atoms with Gasteiger partial charge in [-0.3, -0.25) is 0 Å². The minimum atomic E-state index is -4.75. The number of hydrogen-bond acceptors (Lipinski definition) is 1. The molecule has 90 valence electrons. The third-order valence-corrected chi connectivity index (χ3v) is 2.22. The summed E-state index contributed by atoms with van der Waals surface area (Å²) in [5, 5.41) is 1.86. The Bertz CT molecular complexity index is 386. The summed E-state index contributed by atoms with van der Waals surface area (Å²) < 4.78 is 64.2. The molecule has 1 aromatic carbocycles. The monoisotopic (exact) mass is 239 g/mol. The van der Waals surface area contributed by atoms with Crippen molar-refractivity contribution < 1.29 is 22.0 Å². The van der Waals surface area contributed by atoms with E-state index < -0.39 is 29.4 Å². The zero-order chi connectivity index (χ0) is 12.5. The molecule has 0 saturated carbocycles. The second-order valence-corrected chi connectivity index (χ2v) is 3.36. The largest absolute Gasteiger partial charge is 0.408 e. The Morgan fingerprint density at radius 3 is 2.19 bits per heavy atom. The van der Waals surface area contributed by atoms with E-state index in [0.29, 0.717) is 0 Å². The molecular formula is C10H10F5N. The molecule has 0 bridgehead atoms. The Hall–Kier alpha value is -1.17. The van der Waals surface area contributed by atoms with Crippen molar-refractivity contribution >= 4 is 0 Å². The summed E-state index contributed by atoms with van der Waals surface area (Å²) >= 11 is 0. The lowest BCUT2D eigenvalue weighted by Crippen LogP contribution is -2.33. The zero-order valence-electron chi connectivity index (χ0n) is 8.62. The number of rotatable bonds is 2. The summed E-state index contributed by atoms with van der Waals surface area (Å²) in [7, 11) is 0.999. The van der Waals surface area contributed by atoms with Gasteiger partial charge in [0.2, 0.25) is 0 Å². The predicted octanol–water partition coefficient (Wildman–Crippen LogP) is 3.10. The number of benzene rings is 1. The first-order valence-electron chi connectivity index (χ1n) is 4.47. The van der Waals surface area contributed by atoms with E-state index in [1.165, 1.54) is 6.92 Å². The Labute approximate surface area is 89.3 Å². The first-order valence-corrected chi connectivity index (χ1v) is 4.47. The molecule has 0 radical (unpaired) electrons. The predicted molar refractivity (Wildman–Crippen MR) is 49.0 cm³/mol. The van der Waals surface area contributed by atoms with Crippen LogP contribution in [-0.4, -0.2) is 13.2 Å². The molecule has 0 aliphatic carbocycles. The Morgan fingerprint density at radius 1 is 1.19 bits per heavy atom. The summed E-state index contributed by atoms with van der Waals surface area (Å²) in [6.45, 7) is 1.28. The highest BCUT2D eigenvalue weighted by Gasteiger charge is 2.42. The van der Waals surface area contributed by atoms with E-state index in [0.717, 1.165) is 19.2 Å². The van der Waals surface area contributed by atoms with Crippen LogP contribution in [-0.2, 0) is 0 Å². The first-order chi connectivity index (χ1) is 7.29. The lowest BCUT2D eigenvalue weighted by Gasteiger charge is -2.21. The van der Waals surface area contributed by atoms with Gasteiger partial charge in [0.05, 0.1) is 0 Å². The van der Waals surface area contributed by atoms with E-state index in [1.54, 1.807) is 0 Å². The smallest absolute Gasteiger partial charge is 0.305 e. The SMILES string of the molecule is CNC(c1c(F)ccc(C)c1F)C(F)(F)F. The van der Waals surface area contributed by atoms with Gasteiger partial charge in [0.1, 0.15) is 17.7 Å². The van der Waals surface area contributed by atoms with Crippen LogP contribution in [0.1, 0.15) is 17.2 Å². The zero-order valence-corrected chi connectivity index (χ0v) is 8.62. The summed E-state index contributed by atoms with van der Waals surface area (Å²) in [6.07, 6.45) is -4.75. The van der Waals surface area contributed by atoms with E-state index in [4.69, 9.17) is 0 Å².